The lowest BCUT2D eigenvalue weighted by Crippen LogP contribution is -2.47. The van der Waals surface area contributed by atoms with Crippen LogP contribution in [0.5, 0.6) is 0 Å². The highest BCUT2D eigenvalue weighted by Gasteiger charge is 2.42. The molecule has 2 aliphatic rings. The number of anilines is 1. The Morgan fingerprint density at radius 3 is 1.87 bits per heavy atom. The molecule has 2 aliphatic heterocycles. The average molecular weight is 537 g/mol. The summed E-state index contributed by atoms with van der Waals surface area (Å²) in [7, 11) is 0. The normalized spacial score (nSPS) is 17.9. The van der Waals surface area contributed by atoms with E-state index in [-0.39, 0.29) is 12.3 Å². The number of amidine groups is 1. The quantitative estimate of drug-likeness (QED) is 0.242. The van der Waals surface area contributed by atoms with Crippen LogP contribution < -0.4 is 10.7 Å². The average Bonchev–Trinajstić information content (AvgIpc) is 3.57. The zero-order chi connectivity index (χ0) is 25.6. The predicted octanol–water partition coefficient (Wildman–Crippen LogP) is 8.31. The summed E-state index contributed by atoms with van der Waals surface area (Å²) in [5, 5.41) is 7.09. The van der Waals surface area contributed by atoms with Crippen molar-refractivity contribution in [3.05, 3.63) is 136 Å². The fraction of sp³-hybridized carbons (Fsp3) is 0.0645. The molecule has 186 valence electrons. The SMILES string of the molecule is Clc1ccc([C@@H]2N=C3c4c(oc(-c5ccccc5)c4-c4ccccc4)N[C@H](c4ccc(Cl)cc4)N3N2)cc1. The van der Waals surface area contributed by atoms with Gasteiger partial charge in [0.15, 0.2) is 5.84 Å². The van der Waals surface area contributed by atoms with Gasteiger partial charge in [-0.05, 0) is 41.0 Å². The van der Waals surface area contributed by atoms with Crippen molar-refractivity contribution in [2.24, 2.45) is 4.99 Å². The molecule has 0 bridgehead atoms. The van der Waals surface area contributed by atoms with Crippen LogP contribution in [0.3, 0.4) is 0 Å². The summed E-state index contributed by atoms with van der Waals surface area (Å²) in [6, 6.07) is 36.1. The molecule has 0 spiro atoms. The second kappa shape index (κ2) is 9.37. The lowest BCUT2D eigenvalue weighted by atomic mass is 9.96. The van der Waals surface area contributed by atoms with E-state index in [1.807, 2.05) is 84.9 Å². The van der Waals surface area contributed by atoms with Crippen LogP contribution in [0.25, 0.3) is 22.5 Å². The summed E-state index contributed by atoms with van der Waals surface area (Å²) in [4.78, 5) is 5.20. The van der Waals surface area contributed by atoms with Crippen LogP contribution in [0.2, 0.25) is 10.0 Å². The minimum Gasteiger partial charge on any atom is -0.439 e. The molecule has 3 heterocycles. The molecule has 7 heteroatoms. The fourth-order valence-corrected chi connectivity index (χ4v) is 5.32. The van der Waals surface area contributed by atoms with E-state index in [1.165, 1.54) is 0 Å². The highest BCUT2D eigenvalue weighted by molar-refractivity contribution is 6.30. The summed E-state index contributed by atoms with van der Waals surface area (Å²) in [6.07, 6.45) is -0.558. The van der Waals surface area contributed by atoms with Crippen molar-refractivity contribution in [1.82, 2.24) is 10.4 Å². The molecule has 38 heavy (non-hydrogen) atoms. The third-order valence-electron chi connectivity index (χ3n) is 6.87. The Bertz CT molecular complexity index is 1630. The highest BCUT2D eigenvalue weighted by Crippen LogP contribution is 2.48. The monoisotopic (exact) mass is 536 g/mol. The summed E-state index contributed by atoms with van der Waals surface area (Å²) < 4.78 is 6.63. The Kier molecular flexibility index (Phi) is 5.70. The van der Waals surface area contributed by atoms with Crippen LogP contribution in [0, 0.1) is 0 Å². The number of hydrogen-bond donors (Lipinski definition) is 2. The second-order valence-corrected chi connectivity index (χ2v) is 10.1. The summed E-state index contributed by atoms with van der Waals surface area (Å²) in [5.74, 6) is 2.28. The second-order valence-electron chi connectivity index (χ2n) is 9.25. The molecule has 0 amide bonds. The first-order chi connectivity index (χ1) is 18.7. The molecule has 4 aromatic carbocycles. The van der Waals surface area contributed by atoms with Crippen molar-refractivity contribution >= 4 is 34.9 Å². The number of furan rings is 1. The summed E-state index contributed by atoms with van der Waals surface area (Å²) >= 11 is 12.4. The number of hydrazine groups is 1. The molecule has 7 rings (SSSR count). The van der Waals surface area contributed by atoms with Crippen LogP contribution in [-0.4, -0.2) is 10.8 Å². The van der Waals surface area contributed by atoms with Gasteiger partial charge in [-0.15, -0.1) is 0 Å². The molecule has 0 saturated carbocycles. The van der Waals surface area contributed by atoms with Crippen molar-refractivity contribution in [2.45, 2.75) is 12.3 Å². The number of fused-ring (bicyclic) bond motifs is 3. The molecular formula is C31H22Cl2N4O. The molecule has 2 atom stereocenters. The Morgan fingerprint density at radius 1 is 0.658 bits per heavy atom. The first kappa shape index (κ1) is 23.1. The molecular weight excluding hydrogens is 515 g/mol. The maximum Gasteiger partial charge on any atom is 0.207 e. The first-order valence-corrected chi connectivity index (χ1v) is 13.1. The van der Waals surface area contributed by atoms with Crippen LogP contribution >= 0.6 is 23.2 Å². The van der Waals surface area contributed by atoms with Crippen molar-refractivity contribution in [2.75, 3.05) is 5.32 Å². The maximum absolute atomic E-state index is 6.63. The maximum atomic E-state index is 6.63. The lowest BCUT2D eigenvalue weighted by molar-refractivity contribution is 0.239. The molecule has 0 aliphatic carbocycles. The Hall–Kier alpha value is -4.03. The third-order valence-corrected chi connectivity index (χ3v) is 7.37. The van der Waals surface area contributed by atoms with Gasteiger partial charge >= 0.3 is 0 Å². The number of nitrogens with one attached hydrogen (secondary N) is 2. The zero-order valence-corrected chi connectivity index (χ0v) is 21.6. The minimum absolute atomic E-state index is 0.269. The molecule has 2 N–H and O–H groups in total. The summed E-state index contributed by atoms with van der Waals surface area (Å²) in [6.45, 7) is 0. The van der Waals surface area contributed by atoms with Gasteiger partial charge in [-0.2, -0.15) is 0 Å². The Morgan fingerprint density at radius 2 is 1.24 bits per heavy atom. The number of benzene rings is 4. The number of halogens is 2. The van der Waals surface area contributed by atoms with E-state index in [2.05, 4.69) is 40.0 Å². The van der Waals surface area contributed by atoms with Crippen LogP contribution in [0.1, 0.15) is 29.0 Å². The van der Waals surface area contributed by atoms with Crippen molar-refractivity contribution in [3.8, 4) is 22.5 Å². The molecule has 5 aromatic rings. The van der Waals surface area contributed by atoms with E-state index in [0.29, 0.717) is 15.9 Å². The van der Waals surface area contributed by atoms with Crippen molar-refractivity contribution < 1.29 is 4.42 Å². The molecule has 1 aromatic heterocycles. The molecule has 5 nitrogen and oxygen atoms in total. The fourth-order valence-electron chi connectivity index (χ4n) is 5.07. The van der Waals surface area contributed by atoms with E-state index in [4.69, 9.17) is 32.6 Å². The Labute approximate surface area is 230 Å². The number of nitrogens with zero attached hydrogens (tertiary/aromatic N) is 2. The van der Waals surface area contributed by atoms with Crippen LogP contribution in [0.4, 0.5) is 5.88 Å². The van der Waals surface area contributed by atoms with Gasteiger partial charge < -0.3 is 9.73 Å². The third kappa shape index (κ3) is 3.96. The van der Waals surface area contributed by atoms with Gasteiger partial charge in [0.1, 0.15) is 18.1 Å². The van der Waals surface area contributed by atoms with E-state index in [0.717, 1.165) is 45.0 Å². The van der Waals surface area contributed by atoms with Crippen molar-refractivity contribution in [1.29, 1.82) is 0 Å². The van der Waals surface area contributed by atoms with E-state index < -0.39 is 0 Å². The van der Waals surface area contributed by atoms with Crippen LogP contribution in [-0.2, 0) is 0 Å². The van der Waals surface area contributed by atoms with Gasteiger partial charge in [-0.25, -0.2) is 10.4 Å². The molecule has 0 saturated heterocycles. The van der Waals surface area contributed by atoms with Gasteiger partial charge in [-0.1, -0.05) is 108 Å². The zero-order valence-electron chi connectivity index (χ0n) is 20.1. The van der Waals surface area contributed by atoms with Gasteiger partial charge in [0, 0.05) is 21.2 Å². The topological polar surface area (TPSA) is 52.8 Å². The molecule has 0 fully saturated rings. The van der Waals surface area contributed by atoms with E-state index in [9.17, 15) is 0 Å². The van der Waals surface area contributed by atoms with Gasteiger partial charge in [0.2, 0.25) is 5.88 Å². The largest absolute Gasteiger partial charge is 0.439 e. The minimum atomic E-state index is -0.288. The van der Waals surface area contributed by atoms with Crippen LogP contribution in [0.15, 0.2) is 119 Å². The predicted molar refractivity (Wildman–Crippen MR) is 153 cm³/mol. The number of rotatable bonds is 4. The van der Waals surface area contributed by atoms with E-state index >= 15 is 0 Å². The standard InChI is InChI=1S/C31H22Cl2N4O/c32-23-15-11-21(12-16-23)28-34-30-26-25(19-7-3-1-4-8-19)27(20-9-5-2-6-10-20)38-31(26)35-29(37(30)36-28)22-13-17-24(33)18-14-22/h1-18,28-29,35-36H/t28-,29+/m1/s1. The number of hydrogen-bond acceptors (Lipinski definition) is 5. The van der Waals surface area contributed by atoms with E-state index in [1.54, 1.807) is 0 Å². The van der Waals surface area contributed by atoms with Gasteiger partial charge in [-0.3, -0.25) is 5.01 Å². The smallest absolute Gasteiger partial charge is 0.207 e. The van der Waals surface area contributed by atoms with Gasteiger partial charge in [0.25, 0.3) is 0 Å². The first-order valence-electron chi connectivity index (χ1n) is 12.3. The van der Waals surface area contributed by atoms with Crippen molar-refractivity contribution in [3.63, 3.8) is 0 Å². The molecule has 0 radical (unpaired) electrons. The highest BCUT2D eigenvalue weighted by atomic mass is 35.5. The lowest BCUT2D eigenvalue weighted by Gasteiger charge is -2.35. The Balaban J connectivity index is 1.45. The van der Waals surface area contributed by atoms with Gasteiger partial charge in [0.05, 0.1) is 5.56 Å². The number of aliphatic imine (C=N–C) groups is 1. The summed E-state index contributed by atoms with van der Waals surface area (Å²) in [5.41, 5.74) is 9.62. The molecule has 0 unspecified atom stereocenters.